The van der Waals surface area contributed by atoms with Gasteiger partial charge in [0, 0.05) is 5.38 Å². The van der Waals surface area contributed by atoms with Crippen LogP contribution in [0.25, 0.3) is 0 Å². The first kappa shape index (κ1) is 14.5. The Labute approximate surface area is 97.3 Å². The molecule has 0 atom stereocenters. The number of aromatic nitrogens is 1. The zero-order valence-electron chi connectivity index (χ0n) is 9.31. The SMILES string of the molecule is CC(=N)c1csc(N)n1.CC(C)(O)C(=O)O. The van der Waals surface area contributed by atoms with E-state index in [1.807, 2.05) is 0 Å². The quantitative estimate of drug-likeness (QED) is 0.578. The number of carboxylic acid groups (broad SMARTS) is 1. The number of anilines is 1. The van der Waals surface area contributed by atoms with Gasteiger partial charge in [-0.25, -0.2) is 9.78 Å². The molecule has 0 saturated heterocycles. The molecule has 0 aliphatic heterocycles. The Bertz CT molecular complexity index is 382. The second-order valence-corrected chi connectivity index (χ2v) is 4.45. The van der Waals surface area contributed by atoms with Crippen LogP contribution in [0.15, 0.2) is 5.38 Å². The Morgan fingerprint density at radius 1 is 1.62 bits per heavy atom. The summed E-state index contributed by atoms with van der Waals surface area (Å²) < 4.78 is 0. The van der Waals surface area contributed by atoms with Crippen molar-refractivity contribution in [2.24, 2.45) is 0 Å². The van der Waals surface area contributed by atoms with Crippen LogP contribution in [0.2, 0.25) is 0 Å². The van der Waals surface area contributed by atoms with Gasteiger partial charge in [0.2, 0.25) is 0 Å². The number of hydrogen-bond acceptors (Lipinski definition) is 6. The molecular formula is C9H15N3O3S. The van der Waals surface area contributed by atoms with Gasteiger partial charge in [0.15, 0.2) is 10.7 Å². The molecule has 1 heterocycles. The van der Waals surface area contributed by atoms with Gasteiger partial charge < -0.3 is 21.4 Å². The zero-order chi connectivity index (χ0) is 12.9. The van der Waals surface area contributed by atoms with Crippen molar-refractivity contribution in [1.82, 2.24) is 4.98 Å². The van der Waals surface area contributed by atoms with Crippen molar-refractivity contribution in [3.05, 3.63) is 11.1 Å². The van der Waals surface area contributed by atoms with Gasteiger partial charge in [-0.2, -0.15) is 0 Å². The molecule has 0 aliphatic carbocycles. The van der Waals surface area contributed by atoms with Crippen LogP contribution in [-0.4, -0.2) is 32.5 Å². The molecule has 1 aromatic heterocycles. The number of nitrogens with two attached hydrogens (primary N) is 1. The molecule has 5 N–H and O–H groups in total. The predicted molar refractivity (Wildman–Crippen MR) is 63.0 cm³/mol. The molecule has 0 bridgehead atoms. The van der Waals surface area contributed by atoms with Crippen LogP contribution in [0.1, 0.15) is 26.5 Å². The van der Waals surface area contributed by atoms with E-state index in [2.05, 4.69) is 4.98 Å². The largest absolute Gasteiger partial charge is 0.479 e. The number of aliphatic carboxylic acids is 1. The van der Waals surface area contributed by atoms with Crippen molar-refractivity contribution in [3.63, 3.8) is 0 Å². The number of aliphatic hydroxyl groups is 1. The molecule has 0 saturated carbocycles. The zero-order valence-corrected chi connectivity index (χ0v) is 10.1. The summed E-state index contributed by atoms with van der Waals surface area (Å²) in [6, 6.07) is 0. The normalized spacial score (nSPS) is 10.2. The standard InChI is InChI=1S/C5H7N3S.C4H8O3/c1-3(6)4-2-9-5(7)8-4;1-4(2,7)3(5)6/h2,6H,1H3,(H2,7,8);7H,1-2H3,(H,5,6). The first-order chi connectivity index (χ1) is 7.14. The molecule has 6 nitrogen and oxygen atoms in total. The molecule has 90 valence electrons. The summed E-state index contributed by atoms with van der Waals surface area (Å²) in [5.41, 5.74) is 4.88. The minimum atomic E-state index is -1.58. The molecule has 0 unspecified atom stereocenters. The first-order valence-corrected chi connectivity index (χ1v) is 5.25. The number of hydrogen-bond donors (Lipinski definition) is 4. The van der Waals surface area contributed by atoms with Crippen LogP contribution in [-0.2, 0) is 4.79 Å². The summed E-state index contributed by atoms with van der Waals surface area (Å²) in [5.74, 6) is -1.20. The van der Waals surface area contributed by atoms with E-state index in [9.17, 15) is 4.79 Å². The van der Waals surface area contributed by atoms with Crippen molar-refractivity contribution >= 4 is 28.1 Å². The van der Waals surface area contributed by atoms with Gasteiger partial charge in [0.25, 0.3) is 0 Å². The number of thiazole rings is 1. The Morgan fingerprint density at radius 2 is 2.06 bits per heavy atom. The maximum Gasteiger partial charge on any atom is 0.335 e. The second kappa shape index (κ2) is 5.57. The maximum atomic E-state index is 9.77. The lowest BCUT2D eigenvalue weighted by atomic mass is 10.1. The average Bonchev–Trinajstić information content (AvgIpc) is 2.51. The molecule has 0 aliphatic rings. The lowest BCUT2D eigenvalue weighted by Crippen LogP contribution is -2.30. The maximum absolute atomic E-state index is 9.77. The first-order valence-electron chi connectivity index (χ1n) is 4.37. The minimum absolute atomic E-state index is 0.461. The van der Waals surface area contributed by atoms with Crippen molar-refractivity contribution in [2.75, 3.05) is 5.73 Å². The predicted octanol–water partition coefficient (Wildman–Crippen LogP) is 0.955. The Kier molecular flexibility index (Phi) is 5.06. The van der Waals surface area contributed by atoms with Crippen LogP contribution in [0.4, 0.5) is 5.13 Å². The summed E-state index contributed by atoms with van der Waals surface area (Å²) >= 11 is 1.36. The summed E-state index contributed by atoms with van der Waals surface area (Å²) in [6.45, 7) is 4.12. The van der Waals surface area contributed by atoms with E-state index in [0.29, 0.717) is 16.5 Å². The van der Waals surface area contributed by atoms with E-state index in [-0.39, 0.29) is 0 Å². The van der Waals surface area contributed by atoms with E-state index in [4.69, 9.17) is 21.4 Å². The van der Waals surface area contributed by atoms with E-state index >= 15 is 0 Å². The summed E-state index contributed by atoms with van der Waals surface area (Å²) in [6.07, 6.45) is 0. The lowest BCUT2D eigenvalue weighted by Gasteiger charge is -2.07. The number of nitrogens with zero attached hydrogens (tertiary/aromatic N) is 1. The van der Waals surface area contributed by atoms with Crippen LogP contribution in [0.3, 0.4) is 0 Å². The Morgan fingerprint density at radius 3 is 2.19 bits per heavy atom. The fraction of sp³-hybridized carbons (Fsp3) is 0.444. The highest BCUT2D eigenvalue weighted by Crippen LogP contribution is 2.10. The third-order valence-corrected chi connectivity index (χ3v) is 2.10. The molecule has 0 spiro atoms. The van der Waals surface area contributed by atoms with Crippen LogP contribution in [0.5, 0.6) is 0 Å². The molecule has 0 aromatic carbocycles. The van der Waals surface area contributed by atoms with Crippen LogP contribution >= 0.6 is 11.3 Å². The summed E-state index contributed by atoms with van der Waals surface area (Å²) in [4.78, 5) is 13.7. The molecule has 7 heteroatoms. The molecule has 0 amide bonds. The third kappa shape index (κ3) is 5.42. The van der Waals surface area contributed by atoms with Gasteiger partial charge in [-0.1, -0.05) is 0 Å². The van der Waals surface area contributed by atoms with Crippen LogP contribution < -0.4 is 5.73 Å². The number of nitrogens with one attached hydrogen (secondary N) is 1. The van der Waals surface area contributed by atoms with Gasteiger partial charge in [-0.3, -0.25) is 0 Å². The molecule has 1 aromatic rings. The van der Waals surface area contributed by atoms with E-state index < -0.39 is 11.6 Å². The van der Waals surface area contributed by atoms with Crippen molar-refractivity contribution in [3.8, 4) is 0 Å². The molecule has 1 rings (SSSR count). The summed E-state index contributed by atoms with van der Waals surface area (Å²) in [5, 5.41) is 25.9. The van der Waals surface area contributed by atoms with Gasteiger partial charge in [0.05, 0.1) is 11.4 Å². The topological polar surface area (TPSA) is 120 Å². The average molecular weight is 245 g/mol. The van der Waals surface area contributed by atoms with E-state index in [0.717, 1.165) is 0 Å². The van der Waals surface area contributed by atoms with Gasteiger partial charge in [-0.05, 0) is 20.8 Å². The minimum Gasteiger partial charge on any atom is -0.479 e. The second-order valence-electron chi connectivity index (χ2n) is 3.56. The fourth-order valence-electron chi connectivity index (χ4n) is 0.460. The number of carboxylic acids is 1. The molecule has 16 heavy (non-hydrogen) atoms. The highest BCUT2D eigenvalue weighted by Gasteiger charge is 2.21. The lowest BCUT2D eigenvalue weighted by molar-refractivity contribution is -0.154. The fourth-order valence-corrected chi connectivity index (χ4v) is 1.07. The molecule has 0 radical (unpaired) electrons. The van der Waals surface area contributed by atoms with Crippen molar-refractivity contribution < 1.29 is 15.0 Å². The van der Waals surface area contributed by atoms with Crippen molar-refractivity contribution in [2.45, 2.75) is 26.4 Å². The number of nitrogen functional groups attached to an aromatic ring is 1. The number of rotatable bonds is 2. The van der Waals surface area contributed by atoms with Crippen molar-refractivity contribution in [1.29, 1.82) is 5.41 Å². The van der Waals surface area contributed by atoms with Gasteiger partial charge in [-0.15, -0.1) is 11.3 Å². The molecule has 0 fully saturated rings. The van der Waals surface area contributed by atoms with Crippen LogP contribution in [0, 0.1) is 5.41 Å². The van der Waals surface area contributed by atoms with Gasteiger partial charge >= 0.3 is 5.97 Å². The van der Waals surface area contributed by atoms with Gasteiger partial charge in [0.1, 0.15) is 0 Å². The third-order valence-electron chi connectivity index (χ3n) is 1.43. The smallest absolute Gasteiger partial charge is 0.335 e. The summed E-state index contributed by atoms with van der Waals surface area (Å²) in [7, 11) is 0. The van der Waals surface area contributed by atoms with E-state index in [1.165, 1.54) is 25.2 Å². The van der Waals surface area contributed by atoms with E-state index in [1.54, 1.807) is 12.3 Å². The Hall–Kier alpha value is -1.47. The Balaban J connectivity index is 0.000000293. The number of carbonyl (C=O) groups is 1. The highest BCUT2D eigenvalue weighted by molar-refractivity contribution is 7.13. The highest BCUT2D eigenvalue weighted by atomic mass is 32.1. The molecular weight excluding hydrogens is 230 g/mol. The monoisotopic (exact) mass is 245 g/mol.